The number of amides is 1. The van der Waals surface area contributed by atoms with E-state index in [-0.39, 0.29) is 10.8 Å². The van der Waals surface area contributed by atoms with Gasteiger partial charge in [0, 0.05) is 45.3 Å². The van der Waals surface area contributed by atoms with E-state index in [9.17, 15) is 13.2 Å². The summed E-state index contributed by atoms with van der Waals surface area (Å²) >= 11 is 0. The van der Waals surface area contributed by atoms with Crippen LogP contribution < -0.4 is 0 Å². The normalized spacial score (nSPS) is 15.8. The number of benzene rings is 2. The zero-order chi connectivity index (χ0) is 20.1. The lowest BCUT2D eigenvalue weighted by Crippen LogP contribution is -2.48. The van der Waals surface area contributed by atoms with Gasteiger partial charge < -0.3 is 4.90 Å². The van der Waals surface area contributed by atoms with Crippen LogP contribution in [0.25, 0.3) is 0 Å². The Bertz CT molecular complexity index is 910. The minimum Gasteiger partial charge on any atom is -0.336 e. The van der Waals surface area contributed by atoms with Gasteiger partial charge in [0.2, 0.25) is 0 Å². The summed E-state index contributed by atoms with van der Waals surface area (Å²) < 4.78 is 25.6. The van der Waals surface area contributed by atoms with E-state index < -0.39 is 10.0 Å². The molecule has 1 amide bonds. The number of hydrogen-bond acceptors (Lipinski definition) is 5. The Hall–Kier alpha value is -2.26. The van der Waals surface area contributed by atoms with E-state index in [1.54, 1.807) is 17.0 Å². The smallest absolute Gasteiger partial charge is 0.264 e. The summed E-state index contributed by atoms with van der Waals surface area (Å²) in [5.74, 6) is -0.156. The maximum atomic E-state index is 12.9. The van der Waals surface area contributed by atoms with Crippen molar-refractivity contribution in [2.75, 3.05) is 40.3 Å². The first-order chi connectivity index (χ1) is 13.4. The van der Waals surface area contributed by atoms with Crippen LogP contribution in [0.1, 0.15) is 15.9 Å². The first-order valence-electron chi connectivity index (χ1n) is 9.10. The van der Waals surface area contributed by atoms with Gasteiger partial charge >= 0.3 is 0 Å². The van der Waals surface area contributed by atoms with Crippen molar-refractivity contribution in [1.29, 1.82) is 0 Å². The molecule has 2 aromatic rings. The topological polar surface area (TPSA) is 70.2 Å². The van der Waals surface area contributed by atoms with Crippen LogP contribution in [0.3, 0.4) is 0 Å². The molecule has 0 atom stereocenters. The fourth-order valence-corrected chi connectivity index (χ4v) is 4.19. The van der Waals surface area contributed by atoms with Crippen LogP contribution in [0.15, 0.2) is 59.5 Å². The summed E-state index contributed by atoms with van der Waals surface area (Å²) in [6.45, 7) is 3.65. The number of hydroxylamine groups is 1. The van der Waals surface area contributed by atoms with Gasteiger partial charge in [0.1, 0.15) is 0 Å². The van der Waals surface area contributed by atoms with Crippen LogP contribution in [-0.4, -0.2) is 68.9 Å². The Morgan fingerprint density at radius 3 is 2.36 bits per heavy atom. The SMILES string of the molecule is CON(C)S(=O)(=O)c1cccc(C(=O)N2CCN(Cc3ccccc3)CC2)c1. The zero-order valence-corrected chi connectivity index (χ0v) is 16.9. The molecule has 1 fully saturated rings. The molecule has 0 aliphatic carbocycles. The quantitative estimate of drug-likeness (QED) is 0.688. The Morgan fingerprint density at radius 2 is 1.71 bits per heavy atom. The highest BCUT2D eigenvalue weighted by Crippen LogP contribution is 2.18. The van der Waals surface area contributed by atoms with Crippen molar-refractivity contribution in [1.82, 2.24) is 14.3 Å². The molecular weight excluding hydrogens is 378 g/mol. The number of sulfonamides is 1. The van der Waals surface area contributed by atoms with Crippen molar-refractivity contribution < 1.29 is 18.0 Å². The number of rotatable bonds is 6. The van der Waals surface area contributed by atoms with E-state index in [0.717, 1.165) is 24.1 Å². The van der Waals surface area contributed by atoms with E-state index in [1.807, 2.05) is 18.2 Å². The molecule has 1 aliphatic heterocycles. The van der Waals surface area contributed by atoms with Crippen LogP contribution in [0, 0.1) is 0 Å². The maximum absolute atomic E-state index is 12.9. The molecule has 0 radical (unpaired) electrons. The van der Waals surface area contributed by atoms with Crippen LogP contribution in [-0.2, 0) is 21.4 Å². The molecule has 28 heavy (non-hydrogen) atoms. The molecule has 0 bridgehead atoms. The molecule has 0 aromatic heterocycles. The van der Waals surface area contributed by atoms with Gasteiger partial charge in [-0.3, -0.25) is 14.5 Å². The minimum atomic E-state index is -3.79. The molecule has 0 saturated carbocycles. The Labute approximate surface area is 166 Å². The highest BCUT2D eigenvalue weighted by molar-refractivity contribution is 7.89. The lowest BCUT2D eigenvalue weighted by Gasteiger charge is -2.34. The predicted octanol–water partition coefficient (Wildman–Crippen LogP) is 1.83. The molecule has 3 rings (SSSR count). The van der Waals surface area contributed by atoms with Crippen molar-refractivity contribution >= 4 is 15.9 Å². The maximum Gasteiger partial charge on any atom is 0.264 e. The van der Waals surface area contributed by atoms with Crippen molar-refractivity contribution in [2.45, 2.75) is 11.4 Å². The summed E-state index contributed by atoms with van der Waals surface area (Å²) in [6, 6.07) is 16.3. The van der Waals surface area contributed by atoms with E-state index in [1.165, 1.54) is 31.9 Å². The molecule has 150 valence electrons. The number of nitrogens with zero attached hydrogens (tertiary/aromatic N) is 3. The molecular formula is C20H25N3O4S. The van der Waals surface area contributed by atoms with Gasteiger partial charge in [-0.2, -0.15) is 0 Å². The van der Waals surface area contributed by atoms with Gasteiger partial charge in [-0.05, 0) is 23.8 Å². The highest BCUT2D eigenvalue weighted by atomic mass is 32.2. The van der Waals surface area contributed by atoms with E-state index in [0.29, 0.717) is 18.7 Å². The molecule has 0 N–H and O–H groups in total. The average Bonchev–Trinajstić information content (AvgIpc) is 2.74. The van der Waals surface area contributed by atoms with Crippen molar-refractivity contribution in [2.24, 2.45) is 0 Å². The van der Waals surface area contributed by atoms with Gasteiger partial charge in [0.05, 0.1) is 12.0 Å². The van der Waals surface area contributed by atoms with Crippen molar-refractivity contribution in [3.8, 4) is 0 Å². The molecule has 2 aromatic carbocycles. The van der Waals surface area contributed by atoms with Crippen LogP contribution >= 0.6 is 0 Å². The zero-order valence-electron chi connectivity index (χ0n) is 16.1. The number of hydrogen-bond donors (Lipinski definition) is 0. The second kappa shape index (κ2) is 8.83. The molecule has 1 heterocycles. The second-order valence-corrected chi connectivity index (χ2v) is 8.61. The van der Waals surface area contributed by atoms with Crippen LogP contribution in [0.2, 0.25) is 0 Å². The van der Waals surface area contributed by atoms with Crippen LogP contribution in [0.5, 0.6) is 0 Å². The lowest BCUT2D eigenvalue weighted by molar-refractivity contribution is -0.0258. The van der Waals surface area contributed by atoms with Gasteiger partial charge in [-0.15, -0.1) is 0 Å². The lowest BCUT2D eigenvalue weighted by atomic mass is 10.1. The Balaban J connectivity index is 1.65. The number of carbonyl (C=O) groups is 1. The minimum absolute atomic E-state index is 0.0328. The van der Waals surface area contributed by atoms with E-state index in [2.05, 4.69) is 17.0 Å². The molecule has 1 aliphatic rings. The van der Waals surface area contributed by atoms with E-state index in [4.69, 9.17) is 4.84 Å². The third kappa shape index (κ3) is 4.59. The highest BCUT2D eigenvalue weighted by Gasteiger charge is 2.25. The predicted molar refractivity (Wildman–Crippen MR) is 106 cm³/mol. The van der Waals surface area contributed by atoms with Gasteiger partial charge in [-0.25, -0.2) is 8.42 Å². The van der Waals surface area contributed by atoms with Gasteiger partial charge in [0.25, 0.3) is 15.9 Å². The number of piperazine rings is 1. The molecule has 1 saturated heterocycles. The summed E-state index contributed by atoms with van der Waals surface area (Å²) in [4.78, 5) is 21.8. The fraction of sp³-hybridized carbons (Fsp3) is 0.350. The van der Waals surface area contributed by atoms with Crippen molar-refractivity contribution in [3.63, 3.8) is 0 Å². The number of carbonyl (C=O) groups excluding carboxylic acids is 1. The third-order valence-corrected chi connectivity index (χ3v) is 6.56. The molecule has 7 nitrogen and oxygen atoms in total. The fourth-order valence-electron chi connectivity index (χ4n) is 3.17. The summed E-state index contributed by atoms with van der Waals surface area (Å²) in [6.07, 6.45) is 0. The van der Waals surface area contributed by atoms with Gasteiger partial charge in [0.15, 0.2) is 0 Å². The summed E-state index contributed by atoms with van der Waals surface area (Å²) in [7, 11) is -1.19. The Kier molecular flexibility index (Phi) is 6.46. The third-order valence-electron chi connectivity index (χ3n) is 4.88. The monoisotopic (exact) mass is 403 g/mol. The Morgan fingerprint density at radius 1 is 1.04 bits per heavy atom. The average molecular weight is 404 g/mol. The standard InChI is InChI=1S/C20H25N3O4S/c1-21(27-2)28(25,26)19-10-6-9-18(15-19)20(24)23-13-11-22(12-14-23)16-17-7-4-3-5-8-17/h3-10,15H,11-14,16H2,1-2H3. The van der Waals surface area contributed by atoms with Crippen LogP contribution in [0.4, 0.5) is 0 Å². The second-order valence-electron chi connectivity index (χ2n) is 6.68. The summed E-state index contributed by atoms with van der Waals surface area (Å²) in [5, 5.41) is 0. The first kappa shape index (κ1) is 20.5. The van der Waals surface area contributed by atoms with Gasteiger partial charge in [-0.1, -0.05) is 40.9 Å². The molecule has 8 heteroatoms. The summed E-state index contributed by atoms with van der Waals surface area (Å²) in [5.41, 5.74) is 1.62. The molecule has 0 unspecified atom stereocenters. The largest absolute Gasteiger partial charge is 0.336 e. The first-order valence-corrected chi connectivity index (χ1v) is 10.5. The molecule has 0 spiro atoms. The van der Waals surface area contributed by atoms with E-state index >= 15 is 0 Å². The van der Waals surface area contributed by atoms with Crippen molar-refractivity contribution in [3.05, 3.63) is 65.7 Å².